The molecular weight excluding hydrogens is 320 g/mol. The number of ether oxygens (including phenoxy) is 1. The van der Waals surface area contributed by atoms with Crippen LogP contribution in [0, 0.1) is 18.8 Å². The highest BCUT2D eigenvalue weighted by atomic mass is 16.5. The Morgan fingerprint density at radius 2 is 1.72 bits per heavy atom. The summed E-state index contributed by atoms with van der Waals surface area (Å²) in [6.07, 6.45) is 3.04. The van der Waals surface area contributed by atoms with Crippen molar-refractivity contribution in [1.29, 1.82) is 0 Å². The van der Waals surface area contributed by atoms with Gasteiger partial charge in [0.15, 0.2) is 0 Å². The molecule has 3 aliphatic rings. The first kappa shape index (κ1) is 14.8. The van der Waals surface area contributed by atoms with Gasteiger partial charge in [0.25, 0.3) is 5.95 Å². The van der Waals surface area contributed by atoms with Crippen molar-refractivity contribution < 1.29 is 14.3 Å². The Balaban J connectivity index is 1.39. The molecule has 3 saturated heterocycles. The van der Waals surface area contributed by atoms with Crippen molar-refractivity contribution in [1.82, 2.24) is 14.8 Å². The number of benzene rings is 1. The van der Waals surface area contributed by atoms with Crippen molar-refractivity contribution in [2.24, 2.45) is 11.8 Å². The quantitative estimate of drug-likeness (QED) is 0.789. The van der Waals surface area contributed by atoms with Crippen LogP contribution in [0.1, 0.15) is 24.0 Å². The molecular formula is C18H18N4O3. The molecule has 0 saturated carbocycles. The first-order valence-electron chi connectivity index (χ1n) is 8.60. The number of anilines is 1. The maximum atomic E-state index is 12.7. The second-order valence-electron chi connectivity index (χ2n) is 7.08. The Kier molecular flexibility index (Phi) is 3.09. The lowest BCUT2D eigenvalue weighted by Gasteiger charge is -2.14. The molecule has 3 aliphatic heterocycles. The van der Waals surface area contributed by atoms with Gasteiger partial charge in [-0.1, -0.05) is 29.8 Å². The van der Waals surface area contributed by atoms with Crippen LogP contribution in [0.5, 0.6) is 0 Å². The van der Waals surface area contributed by atoms with Crippen LogP contribution < -0.4 is 4.90 Å². The van der Waals surface area contributed by atoms with Crippen LogP contribution in [0.4, 0.5) is 5.95 Å². The Bertz CT molecular complexity index is 831. The number of carbonyl (C=O) groups excluding carboxylic acids is 2. The monoisotopic (exact) mass is 338 g/mol. The van der Waals surface area contributed by atoms with Crippen molar-refractivity contribution in [3.63, 3.8) is 0 Å². The summed E-state index contributed by atoms with van der Waals surface area (Å²) in [4.78, 5) is 30.8. The molecule has 128 valence electrons. The topological polar surface area (TPSA) is 77.3 Å². The summed E-state index contributed by atoms with van der Waals surface area (Å²) < 4.78 is 7.40. The van der Waals surface area contributed by atoms with E-state index in [0.29, 0.717) is 6.54 Å². The van der Waals surface area contributed by atoms with Crippen LogP contribution in [0.15, 0.2) is 30.6 Å². The third-order valence-electron chi connectivity index (χ3n) is 5.47. The van der Waals surface area contributed by atoms with Gasteiger partial charge in [-0.2, -0.15) is 4.98 Å². The van der Waals surface area contributed by atoms with Crippen molar-refractivity contribution in [3.8, 4) is 0 Å². The minimum atomic E-state index is -0.352. The number of hydrogen-bond acceptors (Lipinski definition) is 5. The van der Waals surface area contributed by atoms with E-state index in [1.165, 1.54) is 5.56 Å². The van der Waals surface area contributed by atoms with Crippen LogP contribution in [0.2, 0.25) is 0 Å². The number of hydrogen-bond donors (Lipinski definition) is 0. The van der Waals surface area contributed by atoms with Gasteiger partial charge in [0.1, 0.15) is 6.33 Å². The first-order chi connectivity index (χ1) is 12.1. The number of amides is 2. The van der Waals surface area contributed by atoms with E-state index in [-0.39, 0.29) is 41.8 Å². The van der Waals surface area contributed by atoms with Crippen molar-refractivity contribution >= 4 is 17.8 Å². The van der Waals surface area contributed by atoms with Gasteiger partial charge in [0.05, 0.1) is 30.6 Å². The summed E-state index contributed by atoms with van der Waals surface area (Å²) in [6, 6.07) is 8.14. The van der Waals surface area contributed by atoms with E-state index in [9.17, 15) is 9.59 Å². The summed E-state index contributed by atoms with van der Waals surface area (Å²) in [5.74, 6) is -0.952. The SMILES string of the molecule is Cc1ccc(Cn2cnc(N3C(=O)[C@@H]4[C@H](C3=O)[C@H]3CC[C@H]4O3)n2)cc1. The van der Waals surface area contributed by atoms with E-state index in [1.54, 1.807) is 11.0 Å². The Morgan fingerprint density at radius 1 is 1.08 bits per heavy atom. The Labute approximate surface area is 144 Å². The summed E-state index contributed by atoms with van der Waals surface area (Å²) in [7, 11) is 0. The molecule has 0 N–H and O–H groups in total. The zero-order valence-corrected chi connectivity index (χ0v) is 13.8. The van der Waals surface area contributed by atoms with Crippen LogP contribution >= 0.6 is 0 Å². The van der Waals surface area contributed by atoms with Crippen molar-refractivity contribution in [2.75, 3.05) is 4.90 Å². The van der Waals surface area contributed by atoms with Crippen LogP contribution in [-0.2, 0) is 20.9 Å². The van der Waals surface area contributed by atoms with E-state index in [2.05, 4.69) is 10.1 Å². The number of aromatic nitrogens is 3. The molecule has 1 aromatic heterocycles. The third-order valence-corrected chi connectivity index (χ3v) is 5.47. The predicted molar refractivity (Wildman–Crippen MR) is 87.7 cm³/mol. The van der Waals surface area contributed by atoms with Crippen LogP contribution in [0.25, 0.3) is 0 Å². The number of imide groups is 1. The number of fused-ring (bicyclic) bond motifs is 5. The van der Waals surface area contributed by atoms with Crippen LogP contribution in [-0.4, -0.2) is 38.8 Å². The van der Waals surface area contributed by atoms with Crippen molar-refractivity contribution in [2.45, 2.75) is 38.5 Å². The second kappa shape index (κ2) is 5.23. The molecule has 7 heteroatoms. The van der Waals surface area contributed by atoms with Gasteiger partial charge in [-0.25, -0.2) is 9.58 Å². The zero-order valence-electron chi connectivity index (χ0n) is 13.8. The number of carbonyl (C=O) groups is 2. The van der Waals surface area contributed by atoms with Gasteiger partial charge < -0.3 is 4.74 Å². The van der Waals surface area contributed by atoms with Crippen LogP contribution in [0.3, 0.4) is 0 Å². The molecule has 0 aliphatic carbocycles. The zero-order chi connectivity index (χ0) is 17.1. The summed E-state index contributed by atoms with van der Waals surface area (Å²) in [5, 5.41) is 4.36. The highest BCUT2D eigenvalue weighted by molar-refractivity contribution is 6.21. The summed E-state index contributed by atoms with van der Waals surface area (Å²) in [6.45, 7) is 2.58. The largest absolute Gasteiger partial charge is 0.373 e. The van der Waals surface area contributed by atoms with E-state index < -0.39 is 0 Å². The molecule has 1 aromatic carbocycles. The maximum absolute atomic E-state index is 12.7. The molecule has 5 rings (SSSR count). The van der Waals surface area contributed by atoms with E-state index in [0.717, 1.165) is 23.3 Å². The minimum Gasteiger partial charge on any atom is -0.373 e. The lowest BCUT2D eigenvalue weighted by atomic mass is 9.81. The minimum absolute atomic E-state index is 0.119. The fourth-order valence-electron chi connectivity index (χ4n) is 4.25. The first-order valence-corrected chi connectivity index (χ1v) is 8.60. The lowest BCUT2D eigenvalue weighted by molar-refractivity contribution is -0.124. The number of aryl methyl sites for hydroxylation is 1. The molecule has 25 heavy (non-hydrogen) atoms. The Morgan fingerprint density at radius 3 is 2.36 bits per heavy atom. The lowest BCUT2D eigenvalue weighted by Crippen LogP contribution is -2.35. The molecule has 2 amide bonds. The van der Waals surface area contributed by atoms with E-state index in [1.807, 2.05) is 31.2 Å². The van der Waals surface area contributed by atoms with Gasteiger partial charge >= 0.3 is 0 Å². The number of rotatable bonds is 3. The highest BCUT2D eigenvalue weighted by Crippen LogP contribution is 2.48. The molecule has 7 nitrogen and oxygen atoms in total. The molecule has 2 aromatic rings. The average molecular weight is 338 g/mol. The van der Waals surface area contributed by atoms with E-state index in [4.69, 9.17) is 4.74 Å². The summed E-state index contributed by atoms with van der Waals surface area (Å²) in [5.41, 5.74) is 2.28. The van der Waals surface area contributed by atoms with Gasteiger partial charge in [-0.3, -0.25) is 9.59 Å². The normalized spacial score (nSPS) is 30.4. The molecule has 0 spiro atoms. The van der Waals surface area contributed by atoms with Gasteiger partial charge in [0, 0.05) is 0 Å². The molecule has 0 radical (unpaired) electrons. The molecule has 4 atom stereocenters. The summed E-state index contributed by atoms with van der Waals surface area (Å²) >= 11 is 0. The third kappa shape index (κ3) is 2.15. The maximum Gasteiger partial charge on any atom is 0.258 e. The van der Waals surface area contributed by atoms with Gasteiger partial charge in [-0.15, -0.1) is 5.10 Å². The van der Waals surface area contributed by atoms with Gasteiger partial charge in [-0.05, 0) is 25.3 Å². The molecule has 3 fully saturated rings. The Hall–Kier alpha value is -2.54. The standard InChI is InChI=1S/C18H18N4O3/c1-10-2-4-11(5-3-10)8-21-9-19-18(20-21)22-16(23)14-12-6-7-13(25-12)15(14)17(22)24/h2-5,9,12-15H,6-8H2,1H3/t12-,13-,14-,15+/m1/s1. The molecule has 0 unspecified atom stereocenters. The van der Waals surface area contributed by atoms with E-state index >= 15 is 0 Å². The molecule has 4 heterocycles. The molecule has 2 bridgehead atoms. The predicted octanol–water partition coefficient (Wildman–Crippen LogP) is 1.30. The van der Waals surface area contributed by atoms with Gasteiger partial charge in [0.2, 0.25) is 11.8 Å². The fourth-order valence-corrected chi connectivity index (χ4v) is 4.25. The van der Waals surface area contributed by atoms with Crippen molar-refractivity contribution in [3.05, 3.63) is 41.7 Å². The fraction of sp³-hybridized carbons (Fsp3) is 0.444. The second-order valence-corrected chi connectivity index (χ2v) is 7.08. The smallest absolute Gasteiger partial charge is 0.258 e. The average Bonchev–Trinajstić information content (AvgIpc) is 3.35. The number of nitrogens with zero attached hydrogens (tertiary/aromatic N) is 4. The highest BCUT2D eigenvalue weighted by Gasteiger charge is 2.63.